The predicted octanol–water partition coefficient (Wildman–Crippen LogP) is 3.13. The summed E-state index contributed by atoms with van der Waals surface area (Å²) >= 11 is 5.94. The Morgan fingerprint density at radius 3 is 2.85 bits per heavy atom. The number of amides is 1. The molecule has 2 aliphatic rings. The van der Waals surface area contributed by atoms with E-state index in [0.717, 1.165) is 23.4 Å². The first-order chi connectivity index (χ1) is 13.1. The number of ether oxygens (including phenoxy) is 1. The van der Waals surface area contributed by atoms with Crippen LogP contribution in [0.2, 0.25) is 5.02 Å². The first-order valence-electron chi connectivity index (χ1n) is 9.50. The van der Waals surface area contributed by atoms with Gasteiger partial charge in [-0.05, 0) is 42.7 Å². The van der Waals surface area contributed by atoms with E-state index in [4.69, 9.17) is 16.3 Å². The summed E-state index contributed by atoms with van der Waals surface area (Å²) in [6, 6.07) is 11.8. The summed E-state index contributed by atoms with van der Waals surface area (Å²) in [6.45, 7) is 2.80. The third kappa shape index (κ3) is 3.77. The van der Waals surface area contributed by atoms with Crippen molar-refractivity contribution in [1.82, 2.24) is 9.88 Å². The van der Waals surface area contributed by atoms with Gasteiger partial charge in [-0.25, -0.2) is 0 Å². The number of benzene rings is 1. The average molecular weight is 389 g/mol. The van der Waals surface area contributed by atoms with Gasteiger partial charge in [-0.1, -0.05) is 23.7 Å². The lowest BCUT2D eigenvalue weighted by molar-refractivity contribution is -0.130. The second kappa shape index (κ2) is 7.66. The Bertz CT molecular complexity index is 804. The molecule has 0 unspecified atom stereocenters. The molecular weight excluding hydrogens is 364 g/mol. The molecule has 0 radical (unpaired) electrons. The average Bonchev–Trinajstić information content (AvgIpc) is 3.32. The second-order valence-electron chi connectivity index (χ2n) is 7.72. The van der Waals surface area contributed by atoms with Crippen LogP contribution in [-0.4, -0.2) is 53.8 Å². The van der Waals surface area contributed by atoms with E-state index in [1.807, 2.05) is 41.3 Å². The van der Waals surface area contributed by atoms with Crippen molar-refractivity contribution in [2.75, 3.05) is 32.9 Å². The minimum Gasteiger partial charge on any atom is -0.396 e. The van der Waals surface area contributed by atoms with Crippen LogP contribution in [0.3, 0.4) is 0 Å². The lowest BCUT2D eigenvalue weighted by atomic mass is 9.75. The molecule has 2 saturated heterocycles. The van der Waals surface area contributed by atoms with E-state index >= 15 is 0 Å². The molecule has 2 aromatic rings. The number of hydrogen-bond acceptors (Lipinski definition) is 3. The summed E-state index contributed by atoms with van der Waals surface area (Å²) < 4.78 is 5.56. The Morgan fingerprint density at radius 2 is 2.11 bits per heavy atom. The Balaban J connectivity index is 1.35. The standard InChI is InChI=1S/C21H25ClN2O3/c22-17-3-1-15(2-4-17)19-7-5-18(23-19)6-8-20(26)24-11-16-12-27-10-9-21(16,13-24)14-25/h1-5,7,16,23,25H,6,8-14H2/t16-,21-/m1/s1. The molecule has 6 heteroatoms. The van der Waals surface area contributed by atoms with Gasteiger partial charge in [-0.2, -0.15) is 0 Å². The van der Waals surface area contributed by atoms with Gasteiger partial charge in [0.1, 0.15) is 0 Å². The van der Waals surface area contributed by atoms with Crippen LogP contribution in [0.25, 0.3) is 11.3 Å². The van der Waals surface area contributed by atoms with Gasteiger partial charge >= 0.3 is 0 Å². The smallest absolute Gasteiger partial charge is 0.222 e. The highest BCUT2D eigenvalue weighted by molar-refractivity contribution is 6.30. The van der Waals surface area contributed by atoms with Crippen LogP contribution < -0.4 is 0 Å². The number of aliphatic hydroxyl groups excluding tert-OH is 1. The van der Waals surface area contributed by atoms with Gasteiger partial charge < -0.3 is 19.7 Å². The number of aromatic nitrogens is 1. The van der Waals surface area contributed by atoms with E-state index in [1.165, 1.54) is 0 Å². The molecule has 0 bridgehead atoms. The fourth-order valence-electron chi connectivity index (χ4n) is 4.28. The van der Waals surface area contributed by atoms with Crippen LogP contribution in [0.5, 0.6) is 0 Å². The molecule has 2 fully saturated rings. The lowest BCUT2D eigenvalue weighted by Gasteiger charge is -2.36. The monoisotopic (exact) mass is 388 g/mol. The molecule has 2 atom stereocenters. The Kier molecular flexibility index (Phi) is 5.26. The van der Waals surface area contributed by atoms with Crippen molar-refractivity contribution in [3.8, 4) is 11.3 Å². The molecule has 0 saturated carbocycles. The van der Waals surface area contributed by atoms with E-state index in [-0.39, 0.29) is 23.8 Å². The summed E-state index contributed by atoms with van der Waals surface area (Å²) in [7, 11) is 0. The first-order valence-corrected chi connectivity index (χ1v) is 9.88. The topological polar surface area (TPSA) is 65.6 Å². The third-order valence-electron chi connectivity index (χ3n) is 6.05. The van der Waals surface area contributed by atoms with E-state index in [9.17, 15) is 9.90 Å². The lowest BCUT2D eigenvalue weighted by Crippen LogP contribution is -2.41. The van der Waals surface area contributed by atoms with Gasteiger partial charge in [0, 0.05) is 53.9 Å². The number of carbonyl (C=O) groups excluding carboxylic acids is 1. The van der Waals surface area contributed by atoms with Crippen LogP contribution in [0.1, 0.15) is 18.5 Å². The van der Waals surface area contributed by atoms with Gasteiger partial charge in [0.05, 0.1) is 13.2 Å². The number of H-pyrrole nitrogens is 1. The van der Waals surface area contributed by atoms with Crippen molar-refractivity contribution in [1.29, 1.82) is 0 Å². The number of hydrogen-bond donors (Lipinski definition) is 2. The summed E-state index contributed by atoms with van der Waals surface area (Å²) in [5, 5.41) is 10.6. The van der Waals surface area contributed by atoms with E-state index in [2.05, 4.69) is 4.98 Å². The molecule has 27 heavy (non-hydrogen) atoms. The maximum Gasteiger partial charge on any atom is 0.222 e. The van der Waals surface area contributed by atoms with Crippen molar-refractivity contribution < 1.29 is 14.6 Å². The number of fused-ring (bicyclic) bond motifs is 1. The van der Waals surface area contributed by atoms with Crippen molar-refractivity contribution in [3.63, 3.8) is 0 Å². The maximum absolute atomic E-state index is 12.7. The highest BCUT2D eigenvalue weighted by Gasteiger charge is 2.48. The molecule has 0 spiro atoms. The Labute approximate surface area is 164 Å². The van der Waals surface area contributed by atoms with Crippen molar-refractivity contribution in [3.05, 3.63) is 47.1 Å². The number of aliphatic hydroxyl groups is 1. The second-order valence-corrected chi connectivity index (χ2v) is 8.16. The number of halogens is 1. The largest absolute Gasteiger partial charge is 0.396 e. The van der Waals surface area contributed by atoms with Crippen molar-refractivity contribution in [2.24, 2.45) is 11.3 Å². The van der Waals surface area contributed by atoms with Gasteiger partial charge in [0.2, 0.25) is 5.91 Å². The molecular formula is C21H25ClN2O3. The van der Waals surface area contributed by atoms with Crippen molar-refractivity contribution >= 4 is 17.5 Å². The zero-order valence-electron chi connectivity index (χ0n) is 15.3. The number of nitrogens with zero attached hydrogens (tertiary/aromatic N) is 1. The number of rotatable bonds is 5. The molecule has 4 rings (SSSR count). The Morgan fingerprint density at radius 1 is 1.30 bits per heavy atom. The number of likely N-dealkylation sites (tertiary alicyclic amines) is 1. The van der Waals surface area contributed by atoms with Crippen LogP contribution in [-0.2, 0) is 16.0 Å². The van der Waals surface area contributed by atoms with E-state index < -0.39 is 0 Å². The zero-order valence-corrected chi connectivity index (χ0v) is 16.0. The zero-order chi connectivity index (χ0) is 18.9. The highest BCUT2D eigenvalue weighted by atomic mass is 35.5. The third-order valence-corrected chi connectivity index (χ3v) is 6.31. The number of carbonyl (C=O) groups is 1. The molecule has 1 aromatic carbocycles. The van der Waals surface area contributed by atoms with Gasteiger partial charge in [0.15, 0.2) is 0 Å². The summed E-state index contributed by atoms with van der Waals surface area (Å²) in [4.78, 5) is 18.0. The fraction of sp³-hybridized carbons (Fsp3) is 0.476. The summed E-state index contributed by atoms with van der Waals surface area (Å²) in [6.07, 6.45) is 1.98. The minimum absolute atomic E-state index is 0.131. The fourth-order valence-corrected chi connectivity index (χ4v) is 4.40. The molecule has 0 aliphatic carbocycles. The molecule has 3 heterocycles. The highest BCUT2D eigenvalue weighted by Crippen LogP contribution is 2.41. The van der Waals surface area contributed by atoms with Crippen LogP contribution in [0.4, 0.5) is 0 Å². The number of aryl methyl sites for hydroxylation is 1. The number of aromatic amines is 1. The number of nitrogens with one attached hydrogen (secondary N) is 1. The summed E-state index contributed by atoms with van der Waals surface area (Å²) in [5.74, 6) is 0.405. The van der Waals surface area contributed by atoms with Gasteiger partial charge in [-0.3, -0.25) is 4.79 Å². The van der Waals surface area contributed by atoms with Crippen LogP contribution >= 0.6 is 11.6 Å². The Hall–Kier alpha value is -1.82. The minimum atomic E-state index is -0.165. The molecule has 144 valence electrons. The molecule has 2 N–H and O–H groups in total. The molecule has 1 aromatic heterocycles. The molecule has 5 nitrogen and oxygen atoms in total. The SMILES string of the molecule is O=C(CCc1ccc(-c2ccc(Cl)cc2)[nH]1)N1C[C@@H]2COCC[C@]2(CO)C1. The van der Waals surface area contributed by atoms with Gasteiger partial charge in [-0.15, -0.1) is 0 Å². The summed E-state index contributed by atoms with van der Waals surface area (Å²) in [5.41, 5.74) is 2.98. The quantitative estimate of drug-likeness (QED) is 0.827. The molecule has 1 amide bonds. The van der Waals surface area contributed by atoms with E-state index in [1.54, 1.807) is 0 Å². The molecule has 2 aliphatic heterocycles. The van der Waals surface area contributed by atoms with Crippen LogP contribution in [0.15, 0.2) is 36.4 Å². The van der Waals surface area contributed by atoms with Gasteiger partial charge in [0.25, 0.3) is 0 Å². The van der Waals surface area contributed by atoms with Crippen molar-refractivity contribution in [2.45, 2.75) is 19.3 Å². The van der Waals surface area contributed by atoms with Crippen LogP contribution in [0, 0.1) is 11.3 Å². The first kappa shape index (κ1) is 18.5. The van der Waals surface area contributed by atoms with E-state index in [0.29, 0.717) is 44.2 Å². The maximum atomic E-state index is 12.7. The normalized spacial score (nSPS) is 24.8. The predicted molar refractivity (Wildman–Crippen MR) is 105 cm³/mol.